The van der Waals surface area contributed by atoms with Gasteiger partial charge in [0.2, 0.25) is 0 Å². The lowest BCUT2D eigenvalue weighted by Crippen LogP contribution is -2.38. The molecule has 2 aliphatic rings. The van der Waals surface area contributed by atoms with Crippen LogP contribution in [0.4, 0.5) is 0 Å². The molecule has 35 heavy (non-hydrogen) atoms. The molecule has 0 unspecified atom stereocenters. The van der Waals surface area contributed by atoms with E-state index in [0.717, 1.165) is 35.2 Å². The number of hydrogen-bond acceptors (Lipinski definition) is 6. The molecular formula is C27H21BrN2O4S. The van der Waals surface area contributed by atoms with Crippen molar-refractivity contribution in [3.63, 3.8) is 0 Å². The van der Waals surface area contributed by atoms with Gasteiger partial charge in [0.1, 0.15) is 5.76 Å². The molecule has 1 atom stereocenters. The van der Waals surface area contributed by atoms with Crippen LogP contribution >= 0.6 is 27.3 Å². The lowest BCUT2D eigenvalue weighted by Gasteiger charge is -2.31. The summed E-state index contributed by atoms with van der Waals surface area (Å²) in [7, 11) is 3.24. The fraction of sp³-hybridized carbons (Fsp3) is 0.185. The van der Waals surface area contributed by atoms with Crippen molar-refractivity contribution in [2.75, 3.05) is 14.2 Å². The zero-order chi connectivity index (χ0) is 24.1. The molecule has 0 N–H and O–H groups in total. The van der Waals surface area contributed by atoms with Gasteiger partial charge in [-0.15, -0.1) is 0 Å². The van der Waals surface area contributed by atoms with Gasteiger partial charge < -0.3 is 13.9 Å². The number of thiazole rings is 1. The minimum absolute atomic E-state index is 0.0912. The Balaban J connectivity index is 1.63. The van der Waals surface area contributed by atoms with Crippen LogP contribution in [0.25, 0.3) is 11.8 Å². The van der Waals surface area contributed by atoms with Crippen molar-refractivity contribution in [3.8, 4) is 11.5 Å². The van der Waals surface area contributed by atoms with Gasteiger partial charge in [-0.25, -0.2) is 4.99 Å². The number of methoxy groups -OCH3 is 2. The van der Waals surface area contributed by atoms with Crippen molar-refractivity contribution in [1.29, 1.82) is 0 Å². The molecule has 4 aromatic rings. The molecule has 1 aliphatic carbocycles. The van der Waals surface area contributed by atoms with E-state index in [1.165, 1.54) is 16.9 Å². The van der Waals surface area contributed by atoms with E-state index >= 15 is 0 Å². The Morgan fingerprint density at radius 2 is 1.91 bits per heavy atom. The summed E-state index contributed by atoms with van der Waals surface area (Å²) in [5.74, 6) is 1.89. The average molecular weight is 549 g/mol. The Hall–Kier alpha value is -3.36. The molecule has 6 nitrogen and oxygen atoms in total. The first kappa shape index (κ1) is 22.1. The van der Waals surface area contributed by atoms with E-state index in [9.17, 15) is 4.79 Å². The Bertz CT molecular complexity index is 1680. The second-order valence-corrected chi connectivity index (χ2v) is 10.2. The molecule has 2 aromatic carbocycles. The molecule has 2 aromatic heterocycles. The summed E-state index contributed by atoms with van der Waals surface area (Å²) in [5, 5.41) is 0. The average Bonchev–Trinajstić information content (AvgIpc) is 3.44. The van der Waals surface area contributed by atoms with Crippen LogP contribution in [0, 0.1) is 0 Å². The predicted octanol–water partition coefficient (Wildman–Crippen LogP) is 4.69. The van der Waals surface area contributed by atoms with Crippen molar-refractivity contribution >= 4 is 39.0 Å². The lowest BCUT2D eigenvalue weighted by molar-refractivity contribution is 0.354. The predicted molar refractivity (Wildman–Crippen MR) is 139 cm³/mol. The van der Waals surface area contributed by atoms with Crippen LogP contribution < -0.4 is 24.4 Å². The fourth-order valence-electron chi connectivity index (χ4n) is 4.88. The maximum absolute atomic E-state index is 13.8. The first-order chi connectivity index (χ1) is 17.1. The van der Waals surface area contributed by atoms with Crippen molar-refractivity contribution in [3.05, 3.63) is 107 Å². The number of allylic oxidation sites excluding steroid dienone is 1. The SMILES string of the molecule is COc1ccc([C@H]2C3=C(N=c4s/c(=C\c5ccc(Br)o5)c(=O)n42)c2ccccc2CC3)cc1OC. The molecule has 6 rings (SSSR count). The molecule has 0 amide bonds. The maximum atomic E-state index is 13.8. The Morgan fingerprint density at radius 3 is 2.69 bits per heavy atom. The number of hydrogen-bond donors (Lipinski definition) is 0. The first-order valence-corrected chi connectivity index (χ1v) is 12.8. The largest absolute Gasteiger partial charge is 0.493 e. The first-order valence-electron chi connectivity index (χ1n) is 11.2. The molecule has 0 radical (unpaired) electrons. The second kappa shape index (κ2) is 8.70. The topological polar surface area (TPSA) is 66.0 Å². The van der Waals surface area contributed by atoms with E-state index in [-0.39, 0.29) is 11.6 Å². The number of ether oxygens (including phenoxy) is 2. The number of halogens is 1. The van der Waals surface area contributed by atoms with Gasteiger partial charge in [-0.3, -0.25) is 9.36 Å². The Morgan fingerprint density at radius 1 is 1.09 bits per heavy atom. The van der Waals surface area contributed by atoms with Crippen LogP contribution in [0.5, 0.6) is 11.5 Å². The molecule has 1 aliphatic heterocycles. The van der Waals surface area contributed by atoms with Gasteiger partial charge in [-0.05, 0) is 69.7 Å². The van der Waals surface area contributed by atoms with Gasteiger partial charge in [-0.1, -0.05) is 41.7 Å². The van der Waals surface area contributed by atoms with Crippen LogP contribution in [-0.4, -0.2) is 18.8 Å². The maximum Gasteiger partial charge on any atom is 0.271 e. The van der Waals surface area contributed by atoms with Gasteiger partial charge in [0.25, 0.3) is 5.56 Å². The summed E-state index contributed by atoms with van der Waals surface area (Å²) < 4.78 is 19.7. The number of aryl methyl sites for hydroxylation is 1. The van der Waals surface area contributed by atoms with Crippen molar-refractivity contribution in [2.24, 2.45) is 4.99 Å². The summed E-state index contributed by atoms with van der Waals surface area (Å²) in [6.07, 6.45) is 3.50. The number of rotatable bonds is 4. The highest BCUT2D eigenvalue weighted by atomic mass is 79.9. The third-order valence-electron chi connectivity index (χ3n) is 6.46. The fourth-order valence-corrected chi connectivity index (χ4v) is 6.18. The van der Waals surface area contributed by atoms with Crippen LogP contribution in [0.3, 0.4) is 0 Å². The zero-order valence-corrected chi connectivity index (χ0v) is 21.5. The van der Waals surface area contributed by atoms with Gasteiger partial charge in [0, 0.05) is 11.6 Å². The van der Waals surface area contributed by atoms with E-state index in [2.05, 4.69) is 34.1 Å². The number of furan rings is 1. The van der Waals surface area contributed by atoms with Crippen molar-refractivity contribution < 1.29 is 13.9 Å². The minimum Gasteiger partial charge on any atom is -0.493 e. The van der Waals surface area contributed by atoms with Gasteiger partial charge in [0.15, 0.2) is 21.0 Å². The minimum atomic E-state index is -0.292. The van der Waals surface area contributed by atoms with Gasteiger partial charge >= 0.3 is 0 Å². The normalized spacial score (nSPS) is 16.9. The second-order valence-electron chi connectivity index (χ2n) is 8.37. The van der Waals surface area contributed by atoms with Crippen molar-refractivity contribution in [2.45, 2.75) is 18.9 Å². The number of aromatic nitrogens is 1. The van der Waals surface area contributed by atoms with E-state index in [4.69, 9.17) is 18.9 Å². The molecule has 176 valence electrons. The summed E-state index contributed by atoms with van der Waals surface area (Å²) in [6, 6.07) is 17.6. The lowest BCUT2D eigenvalue weighted by atomic mass is 9.83. The number of nitrogens with zero attached hydrogens (tertiary/aromatic N) is 2. The molecule has 0 spiro atoms. The quantitative estimate of drug-likeness (QED) is 0.371. The smallest absolute Gasteiger partial charge is 0.271 e. The summed E-state index contributed by atoms with van der Waals surface area (Å²) >= 11 is 4.70. The molecule has 8 heteroatoms. The molecule has 3 heterocycles. The zero-order valence-electron chi connectivity index (χ0n) is 19.1. The van der Waals surface area contributed by atoms with Crippen LogP contribution in [-0.2, 0) is 6.42 Å². The molecular weight excluding hydrogens is 528 g/mol. The van der Waals surface area contributed by atoms with Gasteiger partial charge in [0.05, 0.1) is 30.5 Å². The van der Waals surface area contributed by atoms with E-state index in [1.54, 1.807) is 20.3 Å². The molecule has 0 fully saturated rings. The third-order valence-corrected chi connectivity index (χ3v) is 7.87. The molecule has 0 saturated heterocycles. The Labute approximate surface area is 213 Å². The number of fused-ring (bicyclic) bond motifs is 3. The van der Waals surface area contributed by atoms with Gasteiger partial charge in [-0.2, -0.15) is 0 Å². The summed E-state index contributed by atoms with van der Waals surface area (Å²) in [5.41, 5.74) is 5.37. The summed E-state index contributed by atoms with van der Waals surface area (Å²) in [4.78, 5) is 19.5. The van der Waals surface area contributed by atoms with Crippen LogP contribution in [0.2, 0.25) is 0 Å². The monoisotopic (exact) mass is 548 g/mol. The van der Waals surface area contributed by atoms with E-state index < -0.39 is 0 Å². The van der Waals surface area contributed by atoms with Crippen LogP contribution in [0.1, 0.15) is 34.9 Å². The highest BCUT2D eigenvalue weighted by molar-refractivity contribution is 9.10. The highest BCUT2D eigenvalue weighted by Crippen LogP contribution is 2.42. The highest BCUT2D eigenvalue weighted by Gasteiger charge is 2.33. The standard InChI is InChI=1S/C27H21BrN2O4S/c1-32-20-11-8-16(13-21(20)33-2)25-19-10-7-15-5-3-4-6-18(15)24(19)29-27-30(25)26(31)22(35-27)14-17-9-12-23(28)34-17/h3-6,8-9,11-14,25H,7,10H2,1-2H3/b22-14-/t25-/m0/s1. The Kier molecular flexibility index (Phi) is 5.50. The number of benzene rings is 2. The van der Waals surface area contributed by atoms with E-state index in [1.807, 2.05) is 41.0 Å². The molecule has 0 bridgehead atoms. The van der Waals surface area contributed by atoms with E-state index in [0.29, 0.717) is 31.3 Å². The summed E-state index contributed by atoms with van der Waals surface area (Å²) in [6.45, 7) is 0. The van der Waals surface area contributed by atoms with Crippen LogP contribution in [0.15, 0.2) is 79.0 Å². The third kappa shape index (κ3) is 3.68. The molecule has 0 saturated carbocycles. The van der Waals surface area contributed by atoms with Crippen molar-refractivity contribution in [1.82, 2.24) is 4.57 Å².